The first-order valence-electron chi connectivity index (χ1n) is 8.93. The normalized spacial score (nSPS) is 16.7. The fourth-order valence-corrected chi connectivity index (χ4v) is 3.09. The van der Waals surface area contributed by atoms with Crippen LogP contribution >= 0.6 is 0 Å². The molecule has 4 rings (SSSR count). The van der Waals surface area contributed by atoms with Gasteiger partial charge in [0, 0.05) is 18.3 Å². The number of aromatic nitrogens is 1. The van der Waals surface area contributed by atoms with E-state index < -0.39 is 0 Å². The minimum Gasteiger partial charge on any atom is -0.456 e. The van der Waals surface area contributed by atoms with Crippen LogP contribution in [0.1, 0.15) is 22.0 Å². The highest BCUT2D eigenvalue weighted by atomic mass is 16.5. The largest absolute Gasteiger partial charge is 0.456 e. The van der Waals surface area contributed by atoms with Crippen molar-refractivity contribution >= 4 is 5.91 Å². The summed E-state index contributed by atoms with van der Waals surface area (Å²) in [7, 11) is 0. The molecular formula is C22H20N2O3. The third-order valence-corrected chi connectivity index (χ3v) is 4.50. The Morgan fingerprint density at radius 2 is 1.81 bits per heavy atom. The smallest absolute Gasteiger partial charge is 0.254 e. The molecule has 136 valence electrons. The molecule has 2 heterocycles. The van der Waals surface area contributed by atoms with Crippen molar-refractivity contribution in [3.63, 3.8) is 0 Å². The molecule has 1 amide bonds. The van der Waals surface area contributed by atoms with Crippen molar-refractivity contribution in [1.29, 1.82) is 0 Å². The van der Waals surface area contributed by atoms with Gasteiger partial charge in [-0.15, -0.1) is 0 Å². The molecule has 1 aromatic heterocycles. The summed E-state index contributed by atoms with van der Waals surface area (Å²) in [6, 6.07) is 20.8. The fourth-order valence-electron chi connectivity index (χ4n) is 3.09. The zero-order chi connectivity index (χ0) is 18.5. The SMILES string of the molecule is O=C(c1ccc(Oc2cccnc2)cc1)N1CCO[C@@H](c2ccccc2)C1. The van der Waals surface area contributed by atoms with Crippen LogP contribution in [0, 0.1) is 0 Å². The van der Waals surface area contributed by atoms with Crippen LogP contribution in [0.15, 0.2) is 79.1 Å². The second-order valence-corrected chi connectivity index (χ2v) is 6.34. The van der Waals surface area contributed by atoms with Gasteiger partial charge < -0.3 is 14.4 Å². The van der Waals surface area contributed by atoms with Crippen molar-refractivity contribution in [3.8, 4) is 11.5 Å². The lowest BCUT2D eigenvalue weighted by atomic mass is 10.1. The number of hydrogen-bond donors (Lipinski definition) is 0. The highest BCUT2D eigenvalue weighted by molar-refractivity contribution is 5.94. The van der Waals surface area contributed by atoms with Crippen LogP contribution in [0.5, 0.6) is 11.5 Å². The van der Waals surface area contributed by atoms with Gasteiger partial charge in [-0.3, -0.25) is 9.78 Å². The van der Waals surface area contributed by atoms with Crippen LogP contribution < -0.4 is 4.74 Å². The third-order valence-electron chi connectivity index (χ3n) is 4.50. The lowest BCUT2D eigenvalue weighted by Crippen LogP contribution is -2.42. The van der Waals surface area contributed by atoms with Crippen LogP contribution in [0.25, 0.3) is 0 Å². The second-order valence-electron chi connectivity index (χ2n) is 6.34. The summed E-state index contributed by atoms with van der Waals surface area (Å²) in [6.45, 7) is 1.68. The average molecular weight is 360 g/mol. The Labute approximate surface area is 158 Å². The molecule has 1 aliphatic rings. The Morgan fingerprint density at radius 1 is 1.00 bits per heavy atom. The number of morpholine rings is 1. The summed E-state index contributed by atoms with van der Waals surface area (Å²) in [4.78, 5) is 18.7. The lowest BCUT2D eigenvalue weighted by molar-refractivity contribution is -0.0228. The zero-order valence-corrected chi connectivity index (χ0v) is 14.8. The van der Waals surface area contributed by atoms with E-state index in [1.165, 1.54) is 0 Å². The molecule has 0 aliphatic carbocycles. The Kier molecular flexibility index (Phi) is 5.12. The van der Waals surface area contributed by atoms with E-state index in [4.69, 9.17) is 9.47 Å². The number of hydrogen-bond acceptors (Lipinski definition) is 4. The molecule has 3 aromatic rings. The summed E-state index contributed by atoms with van der Waals surface area (Å²) in [5.74, 6) is 1.34. The molecule has 2 aromatic carbocycles. The van der Waals surface area contributed by atoms with E-state index in [2.05, 4.69) is 4.98 Å². The van der Waals surface area contributed by atoms with Crippen LogP contribution in [-0.2, 0) is 4.74 Å². The molecule has 1 fully saturated rings. The molecule has 0 radical (unpaired) electrons. The molecule has 5 heteroatoms. The Bertz CT molecular complexity index is 882. The molecule has 5 nitrogen and oxygen atoms in total. The van der Waals surface area contributed by atoms with Gasteiger partial charge in [0.1, 0.15) is 17.6 Å². The van der Waals surface area contributed by atoms with Crippen LogP contribution in [0.4, 0.5) is 0 Å². The molecule has 0 unspecified atom stereocenters. The molecule has 1 aliphatic heterocycles. The van der Waals surface area contributed by atoms with Crippen LogP contribution in [0.3, 0.4) is 0 Å². The van der Waals surface area contributed by atoms with E-state index >= 15 is 0 Å². The van der Waals surface area contributed by atoms with Gasteiger partial charge in [-0.1, -0.05) is 30.3 Å². The maximum atomic E-state index is 12.9. The minimum atomic E-state index is -0.0860. The average Bonchev–Trinajstić information content (AvgIpc) is 2.75. The highest BCUT2D eigenvalue weighted by Gasteiger charge is 2.26. The zero-order valence-electron chi connectivity index (χ0n) is 14.8. The Morgan fingerprint density at radius 3 is 2.56 bits per heavy atom. The number of amides is 1. The maximum Gasteiger partial charge on any atom is 0.254 e. The molecule has 0 saturated carbocycles. The van der Waals surface area contributed by atoms with E-state index in [1.807, 2.05) is 47.4 Å². The number of carbonyl (C=O) groups excluding carboxylic acids is 1. The van der Waals surface area contributed by atoms with E-state index in [0.717, 1.165) is 5.56 Å². The monoisotopic (exact) mass is 360 g/mol. The van der Waals surface area contributed by atoms with Gasteiger partial charge in [-0.2, -0.15) is 0 Å². The summed E-state index contributed by atoms with van der Waals surface area (Å²) in [5.41, 5.74) is 1.73. The Hall–Kier alpha value is -3.18. The summed E-state index contributed by atoms with van der Waals surface area (Å²) < 4.78 is 11.6. The predicted molar refractivity (Wildman–Crippen MR) is 102 cm³/mol. The first kappa shape index (κ1) is 17.2. The molecule has 1 saturated heterocycles. The van der Waals surface area contributed by atoms with Crippen molar-refractivity contribution in [1.82, 2.24) is 9.88 Å². The summed E-state index contributed by atoms with van der Waals surface area (Å²) >= 11 is 0. The predicted octanol–water partition coefficient (Wildman–Crippen LogP) is 4.09. The van der Waals surface area contributed by atoms with Gasteiger partial charge in [0.2, 0.25) is 0 Å². The van der Waals surface area contributed by atoms with Crippen molar-refractivity contribution in [2.24, 2.45) is 0 Å². The van der Waals surface area contributed by atoms with E-state index in [0.29, 0.717) is 36.8 Å². The lowest BCUT2D eigenvalue weighted by Gasteiger charge is -2.33. The quantitative estimate of drug-likeness (QED) is 0.703. The van der Waals surface area contributed by atoms with Gasteiger partial charge >= 0.3 is 0 Å². The standard InChI is InChI=1S/C22H20N2O3/c25-22(24-13-14-26-21(16-24)17-5-2-1-3-6-17)18-8-10-19(11-9-18)27-20-7-4-12-23-15-20/h1-12,15,21H,13-14,16H2/t21-/m1/s1. The number of nitrogens with zero attached hydrogens (tertiary/aromatic N) is 2. The first-order chi connectivity index (χ1) is 13.3. The number of pyridine rings is 1. The van der Waals surface area contributed by atoms with E-state index in [9.17, 15) is 4.79 Å². The maximum absolute atomic E-state index is 12.9. The summed E-state index contributed by atoms with van der Waals surface area (Å²) in [5, 5.41) is 0. The van der Waals surface area contributed by atoms with E-state index in [-0.39, 0.29) is 12.0 Å². The third kappa shape index (κ3) is 4.15. The molecule has 0 N–H and O–H groups in total. The molecule has 0 spiro atoms. The first-order valence-corrected chi connectivity index (χ1v) is 8.93. The number of rotatable bonds is 4. The van der Waals surface area contributed by atoms with Crippen molar-refractivity contribution < 1.29 is 14.3 Å². The van der Waals surface area contributed by atoms with Gasteiger partial charge in [0.05, 0.1) is 19.3 Å². The molecule has 27 heavy (non-hydrogen) atoms. The second kappa shape index (κ2) is 8.01. The fraction of sp³-hybridized carbons (Fsp3) is 0.182. The topological polar surface area (TPSA) is 51.7 Å². The summed E-state index contributed by atoms with van der Waals surface area (Å²) in [6.07, 6.45) is 3.26. The number of ether oxygens (including phenoxy) is 2. The van der Waals surface area contributed by atoms with Gasteiger partial charge in [0.15, 0.2) is 0 Å². The van der Waals surface area contributed by atoms with Gasteiger partial charge in [0.25, 0.3) is 5.91 Å². The molecule has 1 atom stereocenters. The van der Waals surface area contributed by atoms with Gasteiger partial charge in [-0.25, -0.2) is 0 Å². The van der Waals surface area contributed by atoms with Gasteiger partial charge in [-0.05, 0) is 42.0 Å². The minimum absolute atomic E-state index is 0.00663. The number of carbonyl (C=O) groups is 1. The number of benzene rings is 2. The molecule has 0 bridgehead atoms. The Balaban J connectivity index is 1.43. The van der Waals surface area contributed by atoms with Crippen molar-refractivity contribution in [2.45, 2.75) is 6.10 Å². The van der Waals surface area contributed by atoms with E-state index in [1.54, 1.807) is 36.7 Å². The highest BCUT2D eigenvalue weighted by Crippen LogP contribution is 2.24. The van der Waals surface area contributed by atoms with Crippen molar-refractivity contribution in [2.75, 3.05) is 19.7 Å². The van der Waals surface area contributed by atoms with Crippen LogP contribution in [-0.4, -0.2) is 35.5 Å². The van der Waals surface area contributed by atoms with Crippen molar-refractivity contribution in [3.05, 3.63) is 90.3 Å². The molecular weight excluding hydrogens is 340 g/mol. The van der Waals surface area contributed by atoms with Crippen LogP contribution in [0.2, 0.25) is 0 Å².